The topological polar surface area (TPSA) is 20.3 Å². The maximum Gasteiger partial charge on any atom is 2.00 e. The van der Waals surface area contributed by atoms with E-state index in [9.17, 15) is 4.79 Å². The molecule has 0 fully saturated rings. The van der Waals surface area contributed by atoms with Crippen LogP contribution in [0, 0.1) is 6.92 Å². The first-order valence-electron chi connectivity index (χ1n) is 1.68. The maximum absolute atomic E-state index is 9.96. The third-order valence-electron chi connectivity index (χ3n) is 0.499. The molecule has 0 aliphatic heterocycles. The van der Waals surface area contributed by atoms with Crippen molar-refractivity contribution >= 4 is 5.91 Å². The number of amides is 1. The Labute approximate surface area is 58.1 Å². The van der Waals surface area contributed by atoms with E-state index in [1.165, 1.54) is 4.90 Å². The first-order valence-corrected chi connectivity index (χ1v) is 1.68. The van der Waals surface area contributed by atoms with Crippen molar-refractivity contribution < 1.29 is 25.9 Å². The Morgan fingerprint density at radius 3 is 1.71 bits per heavy atom. The van der Waals surface area contributed by atoms with Crippen LogP contribution in [0.3, 0.4) is 0 Å². The molecule has 0 radical (unpaired) electrons. The van der Waals surface area contributed by atoms with Crippen molar-refractivity contribution in [2.24, 2.45) is 0 Å². The van der Waals surface area contributed by atoms with Crippen molar-refractivity contribution in [3.05, 3.63) is 6.92 Å². The summed E-state index contributed by atoms with van der Waals surface area (Å²) in [6, 6.07) is 0. The van der Waals surface area contributed by atoms with Gasteiger partial charge in [-0.2, -0.15) is 0 Å². The summed E-state index contributed by atoms with van der Waals surface area (Å²) in [5.41, 5.74) is 0. The van der Waals surface area contributed by atoms with E-state index in [0.29, 0.717) is 0 Å². The smallest absolute Gasteiger partial charge is 0.374 e. The van der Waals surface area contributed by atoms with Crippen LogP contribution in [0.5, 0.6) is 0 Å². The molecule has 0 N–H and O–H groups in total. The zero-order valence-corrected chi connectivity index (χ0v) is 7.40. The molecular weight excluding hydrogens is 262 g/mol. The molecular formula is C4H8NOW+. The van der Waals surface area contributed by atoms with E-state index < -0.39 is 0 Å². The summed E-state index contributed by atoms with van der Waals surface area (Å²) >= 11 is 0. The van der Waals surface area contributed by atoms with Crippen molar-refractivity contribution in [1.29, 1.82) is 0 Å². The second-order valence-corrected chi connectivity index (χ2v) is 1.29. The quantitative estimate of drug-likeness (QED) is 0.563. The molecule has 40 valence electrons. The first kappa shape index (κ1) is 10.1. The van der Waals surface area contributed by atoms with E-state index in [0.717, 1.165) is 0 Å². The molecule has 7 heavy (non-hydrogen) atoms. The van der Waals surface area contributed by atoms with Gasteiger partial charge in [0.05, 0.1) is 5.91 Å². The Morgan fingerprint density at radius 1 is 1.57 bits per heavy atom. The van der Waals surface area contributed by atoms with Crippen molar-refractivity contribution in [2.45, 2.75) is 0 Å². The minimum Gasteiger partial charge on any atom is -0.374 e. The average Bonchev–Trinajstić information content (AvgIpc) is 1.36. The summed E-state index contributed by atoms with van der Waals surface area (Å²) in [6.07, 6.45) is 0. The number of carbonyl (C=O) groups is 1. The van der Waals surface area contributed by atoms with Gasteiger partial charge in [0.25, 0.3) is 0 Å². The SMILES string of the molecule is [CH2-]C(=O)N(C)C.[W+2]. The third-order valence-corrected chi connectivity index (χ3v) is 0.499. The fourth-order valence-electron chi connectivity index (χ4n) is 0. The summed E-state index contributed by atoms with van der Waals surface area (Å²) in [7, 11) is 3.32. The zero-order chi connectivity index (χ0) is 5.15. The molecule has 0 heterocycles. The van der Waals surface area contributed by atoms with Crippen LogP contribution in [0.4, 0.5) is 0 Å². The van der Waals surface area contributed by atoms with Gasteiger partial charge in [0, 0.05) is 14.1 Å². The largest absolute Gasteiger partial charge is 2.00 e. The van der Waals surface area contributed by atoms with E-state index in [2.05, 4.69) is 6.92 Å². The molecule has 0 aliphatic carbocycles. The number of nitrogens with zero attached hydrogens (tertiary/aromatic N) is 1. The summed E-state index contributed by atoms with van der Waals surface area (Å²) in [6.45, 7) is 3.12. The van der Waals surface area contributed by atoms with Gasteiger partial charge in [-0.25, -0.2) is 0 Å². The van der Waals surface area contributed by atoms with Crippen molar-refractivity contribution in [3.8, 4) is 0 Å². The van der Waals surface area contributed by atoms with Gasteiger partial charge in [0.1, 0.15) is 0 Å². The molecule has 0 bridgehead atoms. The van der Waals surface area contributed by atoms with Gasteiger partial charge in [0.2, 0.25) is 0 Å². The van der Waals surface area contributed by atoms with Gasteiger partial charge in [0.15, 0.2) is 0 Å². The molecule has 2 nitrogen and oxygen atoms in total. The molecule has 0 aromatic rings. The molecule has 0 atom stereocenters. The molecule has 0 saturated carbocycles. The Kier molecular flexibility index (Phi) is 6.05. The number of hydrogen-bond donors (Lipinski definition) is 0. The van der Waals surface area contributed by atoms with Crippen LogP contribution < -0.4 is 0 Å². The zero-order valence-electron chi connectivity index (χ0n) is 4.47. The summed E-state index contributed by atoms with van der Waals surface area (Å²) in [4.78, 5) is 11.4. The predicted molar refractivity (Wildman–Crippen MR) is 24.1 cm³/mol. The molecule has 0 aliphatic rings. The van der Waals surface area contributed by atoms with Gasteiger partial charge < -0.3 is 16.6 Å². The van der Waals surface area contributed by atoms with Gasteiger partial charge in [-0.15, -0.1) is 0 Å². The minimum atomic E-state index is -0.157. The van der Waals surface area contributed by atoms with E-state index in [-0.39, 0.29) is 27.0 Å². The molecule has 1 amide bonds. The Morgan fingerprint density at radius 2 is 1.71 bits per heavy atom. The normalized spacial score (nSPS) is 6.57. The first-order chi connectivity index (χ1) is 2.64. The van der Waals surface area contributed by atoms with Crippen LogP contribution in [0.15, 0.2) is 0 Å². The fraction of sp³-hybridized carbons (Fsp3) is 0.500. The van der Waals surface area contributed by atoms with Crippen molar-refractivity contribution in [3.63, 3.8) is 0 Å². The van der Waals surface area contributed by atoms with Gasteiger partial charge in [-0.3, -0.25) is 0 Å². The van der Waals surface area contributed by atoms with Crippen molar-refractivity contribution in [1.82, 2.24) is 4.90 Å². The van der Waals surface area contributed by atoms with Crippen LogP contribution >= 0.6 is 0 Å². The number of carbonyl (C=O) groups excluding carboxylic acids is 1. The second-order valence-electron chi connectivity index (χ2n) is 1.29. The number of rotatable bonds is 0. The molecule has 0 aromatic carbocycles. The van der Waals surface area contributed by atoms with Gasteiger partial charge >= 0.3 is 21.1 Å². The van der Waals surface area contributed by atoms with Gasteiger partial charge in [-0.05, 0) is 0 Å². The van der Waals surface area contributed by atoms with Crippen LogP contribution in [-0.2, 0) is 25.9 Å². The van der Waals surface area contributed by atoms with Crippen LogP contribution in [0.25, 0.3) is 0 Å². The fourth-order valence-corrected chi connectivity index (χ4v) is 0. The molecule has 0 unspecified atom stereocenters. The van der Waals surface area contributed by atoms with E-state index in [4.69, 9.17) is 0 Å². The standard InChI is InChI=1S/C4H8NO.W/c1-4(6)5(2)3;/h1H2,2-3H3;/q-1;+2. The summed E-state index contributed by atoms with van der Waals surface area (Å²) < 4.78 is 0. The predicted octanol–water partition coefficient (Wildman–Crippen LogP) is -0.0938. The van der Waals surface area contributed by atoms with Gasteiger partial charge in [-0.1, -0.05) is 0 Å². The molecule has 0 spiro atoms. The Hall–Kier alpha value is 0.0283. The summed E-state index contributed by atoms with van der Waals surface area (Å²) in [5, 5.41) is 0. The second kappa shape index (κ2) is 4.19. The number of hydrogen-bond acceptors (Lipinski definition) is 1. The van der Waals surface area contributed by atoms with Crippen LogP contribution in [0.1, 0.15) is 0 Å². The molecule has 3 heteroatoms. The minimum absolute atomic E-state index is 0. The Balaban J connectivity index is 0. The third kappa shape index (κ3) is 6.03. The van der Waals surface area contributed by atoms with Crippen LogP contribution in [-0.4, -0.2) is 24.9 Å². The molecule has 0 aromatic heterocycles. The van der Waals surface area contributed by atoms with E-state index >= 15 is 0 Å². The summed E-state index contributed by atoms with van der Waals surface area (Å²) in [5.74, 6) is -0.157. The Bertz CT molecular complexity index is 62.7. The van der Waals surface area contributed by atoms with Crippen molar-refractivity contribution in [2.75, 3.05) is 14.1 Å². The van der Waals surface area contributed by atoms with E-state index in [1.54, 1.807) is 14.1 Å². The maximum atomic E-state index is 9.96. The van der Waals surface area contributed by atoms with Crippen LogP contribution in [0.2, 0.25) is 0 Å². The molecule has 0 saturated heterocycles. The molecule has 0 rings (SSSR count). The average molecular weight is 270 g/mol. The monoisotopic (exact) mass is 270 g/mol. The van der Waals surface area contributed by atoms with E-state index in [1.807, 2.05) is 0 Å².